The maximum Gasteiger partial charge on any atom is 0.319 e. The molecule has 3 aromatic rings. The van der Waals surface area contributed by atoms with E-state index >= 15 is 0 Å². The van der Waals surface area contributed by atoms with Crippen LogP contribution >= 0.6 is 0 Å². The van der Waals surface area contributed by atoms with Gasteiger partial charge in [-0.1, -0.05) is 20.8 Å². The summed E-state index contributed by atoms with van der Waals surface area (Å²) in [5.41, 5.74) is 3.81. The van der Waals surface area contributed by atoms with Crippen molar-refractivity contribution in [3.8, 4) is 11.1 Å². The van der Waals surface area contributed by atoms with Gasteiger partial charge in [-0.3, -0.25) is 4.98 Å². The smallest absolute Gasteiger partial charge is 0.319 e. The molecular formula is C26H34FN5O. The van der Waals surface area contributed by atoms with E-state index in [0.29, 0.717) is 0 Å². The molecule has 0 aliphatic heterocycles. The van der Waals surface area contributed by atoms with Gasteiger partial charge in [0.1, 0.15) is 11.6 Å². The minimum Gasteiger partial charge on any atom is -0.373 e. The van der Waals surface area contributed by atoms with E-state index < -0.39 is 17.4 Å². The van der Waals surface area contributed by atoms with E-state index in [1.165, 1.54) is 6.07 Å². The number of anilines is 2. The van der Waals surface area contributed by atoms with Gasteiger partial charge in [0, 0.05) is 41.5 Å². The molecule has 0 spiro atoms. The fourth-order valence-electron chi connectivity index (χ4n) is 4.46. The van der Waals surface area contributed by atoms with Crippen LogP contribution in [0.5, 0.6) is 0 Å². The zero-order valence-corrected chi connectivity index (χ0v) is 20.8. The van der Waals surface area contributed by atoms with Gasteiger partial charge >= 0.3 is 6.03 Å². The Hall–Kier alpha value is -3.22. The van der Waals surface area contributed by atoms with E-state index in [1.807, 2.05) is 46.9 Å². The van der Waals surface area contributed by atoms with Crippen molar-refractivity contribution in [2.45, 2.75) is 60.4 Å². The molecule has 0 unspecified atom stereocenters. The first-order chi connectivity index (χ1) is 15.3. The molecule has 1 aromatic carbocycles. The average molecular weight is 452 g/mol. The molecule has 0 saturated carbocycles. The lowest BCUT2D eigenvalue weighted by Gasteiger charge is -2.33. The molecule has 2 amide bonds. The number of carbonyl (C=O) groups is 1. The Balaban J connectivity index is 1.93. The third-order valence-electron chi connectivity index (χ3n) is 5.42. The number of hydrogen-bond acceptors (Lipinski definition) is 4. The minimum absolute atomic E-state index is 0.0441. The summed E-state index contributed by atoms with van der Waals surface area (Å²) in [5, 5.41) is 9.56. The van der Waals surface area contributed by atoms with Gasteiger partial charge in [-0.25, -0.2) is 14.2 Å². The van der Waals surface area contributed by atoms with Crippen molar-refractivity contribution in [1.82, 2.24) is 15.3 Å². The number of carbonyl (C=O) groups excluding carboxylic acids is 1. The number of benzene rings is 1. The molecule has 6 nitrogen and oxygen atoms in total. The fraction of sp³-hybridized carbons (Fsp3) is 0.423. The van der Waals surface area contributed by atoms with Gasteiger partial charge in [-0.05, 0) is 68.9 Å². The number of aryl methyl sites for hydroxylation is 2. The van der Waals surface area contributed by atoms with Crippen LogP contribution in [0.15, 0.2) is 30.5 Å². The molecule has 7 heteroatoms. The molecule has 2 heterocycles. The number of aromatic nitrogens is 2. The van der Waals surface area contributed by atoms with Crippen molar-refractivity contribution in [3.63, 3.8) is 0 Å². The van der Waals surface area contributed by atoms with Crippen molar-refractivity contribution < 1.29 is 9.18 Å². The first-order valence-corrected chi connectivity index (χ1v) is 11.1. The van der Waals surface area contributed by atoms with Crippen LogP contribution in [-0.4, -0.2) is 28.6 Å². The standard InChI is InChI=1S/C26H34FN5O/c1-15-9-20(27)22(31-24(33)32-26(6,7)14-25(3,4)5)11-18(15)19-10-17-13-29-23(28-8)12-21(17)30-16(19)2/h9-13H,14H2,1-8H3,(H,28,29)(H2,31,32,33). The number of rotatable bonds is 5. The summed E-state index contributed by atoms with van der Waals surface area (Å²) < 4.78 is 14.8. The number of hydrogen-bond donors (Lipinski definition) is 3. The van der Waals surface area contributed by atoms with Crippen LogP contribution in [-0.2, 0) is 0 Å². The highest BCUT2D eigenvalue weighted by Gasteiger charge is 2.27. The Bertz CT molecular complexity index is 1200. The van der Waals surface area contributed by atoms with Crippen LogP contribution in [0.1, 0.15) is 52.3 Å². The third-order valence-corrected chi connectivity index (χ3v) is 5.42. The van der Waals surface area contributed by atoms with E-state index in [-0.39, 0.29) is 11.1 Å². The number of urea groups is 1. The average Bonchev–Trinajstić information content (AvgIpc) is 2.67. The monoisotopic (exact) mass is 451 g/mol. The lowest BCUT2D eigenvalue weighted by atomic mass is 9.82. The zero-order valence-electron chi connectivity index (χ0n) is 20.8. The molecule has 0 radical (unpaired) electrons. The summed E-state index contributed by atoms with van der Waals surface area (Å²) in [5.74, 6) is 0.263. The molecule has 0 aliphatic carbocycles. The van der Waals surface area contributed by atoms with Crippen LogP contribution in [0.2, 0.25) is 0 Å². The number of pyridine rings is 2. The lowest BCUT2D eigenvalue weighted by Crippen LogP contribution is -2.47. The first kappa shape index (κ1) is 24.4. The number of amides is 2. The summed E-state index contributed by atoms with van der Waals surface area (Å²) in [6, 6.07) is 6.57. The predicted molar refractivity (Wildman–Crippen MR) is 134 cm³/mol. The fourth-order valence-corrected chi connectivity index (χ4v) is 4.46. The summed E-state index contributed by atoms with van der Waals surface area (Å²) in [6.07, 6.45) is 2.54. The number of nitrogens with zero attached hydrogens (tertiary/aromatic N) is 2. The van der Waals surface area contributed by atoms with Crippen molar-refractivity contribution >= 4 is 28.4 Å². The molecule has 176 valence electrons. The Morgan fingerprint density at radius 3 is 2.36 bits per heavy atom. The maximum absolute atomic E-state index is 14.8. The van der Waals surface area contributed by atoms with Crippen LogP contribution in [0.4, 0.5) is 20.7 Å². The van der Waals surface area contributed by atoms with Gasteiger partial charge in [0.05, 0.1) is 11.2 Å². The Morgan fingerprint density at radius 2 is 1.73 bits per heavy atom. The Morgan fingerprint density at radius 1 is 1.03 bits per heavy atom. The normalized spacial score (nSPS) is 12.0. The molecule has 0 atom stereocenters. The highest BCUT2D eigenvalue weighted by Crippen LogP contribution is 2.33. The summed E-state index contributed by atoms with van der Waals surface area (Å²) >= 11 is 0. The first-order valence-electron chi connectivity index (χ1n) is 11.1. The molecule has 33 heavy (non-hydrogen) atoms. The van der Waals surface area contributed by atoms with Gasteiger partial charge in [0.15, 0.2) is 0 Å². The molecule has 0 bridgehead atoms. The Kier molecular flexibility index (Phi) is 6.63. The molecule has 3 N–H and O–H groups in total. The molecule has 0 fully saturated rings. The van der Waals surface area contributed by atoms with Gasteiger partial charge in [0.25, 0.3) is 0 Å². The molecule has 0 aliphatic rings. The van der Waals surface area contributed by atoms with Crippen molar-refractivity contribution in [3.05, 3.63) is 47.5 Å². The largest absolute Gasteiger partial charge is 0.373 e. The molecule has 0 saturated heterocycles. The van der Waals surface area contributed by atoms with Gasteiger partial charge in [-0.15, -0.1) is 0 Å². The summed E-state index contributed by atoms with van der Waals surface area (Å²) in [4.78, 5) is 21.8. The van der Waals surface area contributed by atoms with Crippen LogP contribution in [0, 0.1) is 25.1 Å². The van der Waals surface area contributed by atoms with Crippen molar-refractivity contribution in [1.29, 1.82) is 0 Å². The highest BCUT2D eigenvalue weighted by atomic mass is 19.1. The Labute approximate surface area is 195 Å². The SMILES string of the molecule is CNc1cc2nc(C)c(-c3cc(NC(=O)NC(C)(C)CC(C)(C)C)c(F)cc3C)cc2cn1. The van der Waals surface area contributed by atoms with E-state index in [9.17, 15) is 9.18 Å². The molecule has 2 aromatic heterocycles. The van der Waals surface area contributed by atoms with Crippen molar-refractivity contribution in [2.75, 3.05) is 17.7 Å². The van der Waals surface area contributed by atoms with Crippen LogP contribution in [0.25, 0.3) is 22.0 Å². The lowest BCUT2D eigenvalue weighted by molar-refractivity contribution is 0.220. The second-order valence-electron chi connectivity index (χ2n) is 10.5. The van der Waals surface area contributed by atoms with Gasteiger partial charge < -0.3 is 16.0 Å². The van der Waals surface area contributed by atoms with Crippen LogP contribution < -0.4 is 16.0 Å². The molecular weight excluding hydrogens is 417 g/mol. The summed E-state index contributed by atoms with van der Waals surface area (Å²) in [7, 11) is 1.81. The minimum atomic E-state index is -0.480. The second-order valence-corrected chi connectivity index (χ2v) is 10.5. The van der Waals surface area contributed by atoms with E-state index in [0.717, 1.165) is 45.5 Å². The van der Waals surface area contributed by atoms with Gasteiger partial charge in [0.2, 0.25) is 0 Å². The van der Waals surface area contributed by atoms with Crippen LogP contribution in [0.3, 0.4) is 0 Å². The maximum atomic E-state index is 14.8. The quantitative estimate of drug-likeness (QED) is 0.418. The predicted octanol–water partition coefficient (Wildman–Crippen LogP) is 6.43. The topological polar surface area (TPSA) is 78.9 Å². The van der Waals surface area contributed by atoms with Crippen molar-refractivity contribution in [2.24, 2.45) is 5.41 Å². The zero-order chi connectivity index (χ0) is 24.6. The van der Waals surface area contributed by atoms with Gasteiger partial charge in [-0.2, -0.15) is 0 Å². The number of nitrogens with one attached hydrogen (secondary N) is 3. The summed E-state index contributed by atoms with van der Waals surface area (Å²) in [6.45, 7) is 14.1. The number of halogens is 1. The van der Waals surface area contributed by atoms with E-state index in [4.69, 9.17) is 4.98 Å². The second kappa shape index (κ2) is 8.96. The van der Waals surface area contributed by atoms with E-state index in [1.54, 1.807) is 12.3 Å². The van der Waals surface area contributed by atoms with E-state index in [2.05, 4.69) is 41.7 Å². The number of fused-ring (bicyclic) bond motifs is 1. The highest BCUT2D eigenvalue weighted by molar-refractivity contribution is 5.92. The third kappa shape index (κ3) is 5.97. The molecule has 3 rings (SSSR count).